The summed E-state index contributed by atoms with van der Waals surface area (Å²) < 4.78 is 22.6. The van der Waals surface area contributed by atoms with Crippen LogP contribution in [0.25, 0.3) is 0 Å². The van der Waals surface area contributed by atoms with Gasteiger partial charge in [0.15, 0.2) is 0 Å². The normalized spacial score (nSPS) is 19.8. The van der Waals surface area contributed by atoms with Gasteiger partial charge in [0.25, 0.3) is 0 Å². The zero-order valence-electron chi connectivity index (χ0n) is 23.0. The molecule has 0 radical (unpaired) electrons. The van der Waals surface area contributed by atoms with Gasteiger partial charge in [0.2, 0.25) is 11.8 Å². The van der Waals surface area contributed by atoms with Crippen molar-refractivity contribution < 1.29 is 23.7 Å². The van der Waals surface area contributed by atoms with Crippen LogP contribution in [0.2, 0.25) is 0 Å². The topological polar surface area (TPSA) is 95.0 Å². The largest absolute Gasteiger partial charge is 0.492 e. The Kier molecular flexibility index (Phi) is 10.5. The Morgan fingerprint density at radius 3 is 2.56 bits per heavy atom. The predicted molar refractivity (Wildman–Crippen MR) is 152 cm³/mol. The summed E-state index contributed by atoms with van der Waals surface area (Å²) in [6, 6.07) is 4.06. The molecule has 3 aliphatic rings. The molecule has 0 aliphatic carbocycles. The Hall–Kier alpha value is -2.78. The first-order valence-electron chi connectivity index (χ1n) is 14.0. The van der Waals surface area contributed by atoms with E-state index in [2.05, 4.69) is 26.3 Å². The van der Waals surface area contributed by atoms with E-state index in [1.165, 1.54) is 11.3 Å². The van der Waals surface area contributed by atoms with Crippen LogP contribution in [-0.4, -0.2) is 69.0 Å². The number of piperidine rings is 2. The number of methoxy groups -OCH3 is 1. The number of anilines is 1. The van der Waals surface area contributed by atoms with Crippen LogP contribution in [-0.2, 0) is 9.53 Å². The van der Waals surface area contributed by atoms with E-state index in [9.17, 15) is 4.79 Å². The highest BCUT2D eigenvalue weighted by Crippen LogP contribution is 2.38. The van der Waals surface area contributed by atoms with E-state index in [1.54, 1.807) is 13.3 Å². The minimum Gasteiger partial charge on any atom is -0.492 e. The highest BCUT2D eigenvalue weighted by molar-refractivity contribution is 5.85. The summed E-state index contributed by atoms with van der Waals surface area (Å²) in [5.41, 5.74) is 3.60. The Morgan fingerprint density at radius 2 is 1.82 bits per heavy atom. The molecule has 0 saturated carbocycles. The number of esters is 1. The van der Waals surface area contributed by atoms with Gasteiger partial charge in [0, 0.05) is 48.6 Å². The number of aromatic nitrogens is 2. The molecule has 0 aromatic carbocycles. The van der Waals surface area contributed by atoms with Gasteiger partial charge in [-0.2, -0.15) is 0 Å². The quantitative estimate of drug-likeness (QED) is 0.445. The number of fused-ring (bicyclic) bond motifs is 1. The number of carbonyl (C=O) groups is 1. The molecule has 0 bridgehead atoms. The van der Waals surface area contributed by atoms with Crippen molar-refractivity contribution in [1.82, 2.24) is 15.3 Å². The second-order valence-corrected chi connectivity index (χ2v) is 10.5. The van der Waals surface area contributed by atoms with Crippen molar-refractivity contribution in [2.24, 2.45) is 5.92 Å². The number of carbonyl (C=O) groups excluding carboxylic acids is 1. The first-order valence-corrected chi connectivity index (χ1v) is 14.0. The van der Waals surface area contributed by atoms with Gasteiger partial charge in [-0.15, -0.1) is 12.4 Å². The van der Waals surface area contributed by atoms with Crippen molar-refractivity contribution in [2.75, 3.05) is 58.0 Å². The molecule has 5 rings (SSSR count). The summed E-state index contributed by atoms with van der Waals surface area (Å²) in [5, 5.41) is 3.47. The summed E-state index contributed by atoms with van der Waals surface area (Å²) in [4.78, 5) is 23.6. The van der Waals surface area contributed by atoms with Crippen molar-refractivity contribution in [3.05, 3.63) is 35.7 Å². The fourth-order valence-electron chi connectivity index (χ4n) is 5.87. The number of hydrogen-bond acceptors (Lipinski definition) is 9. The molecular weight excluding hydrogens is 520 g/mol. The molecule has 0 amide bonds. The molecule has 2 fully saturated rings. The maximum absolute atomic E-state index is 12.1. The van der Waals surface area contributed by atoms with E-state index in [0.29, 0.717) is 49.8 Å². The summed E-state index contributed by atoms with van der Waals surface area (Å²) in [6.45, 7) is 7.51. The van der Waals surface area contributed by atoms with Crippen LogP contribution >= 0.6 is 12.4 Å². The van der Waals surface area contributed by atoms with E-state index in [-0.39, 0.29) is 24.3 Å². The molecule has 214 valence electrons. The number of ether oxygens (including phenoxy) is 4. The summed E-state index contributed by atoms with van der Waals surface area (Å²) in [6.07, 6.45) is 9.28. The van der Waals surface area contributed by atoms with Crippen molar-refractivity contribution >= 4 is 24.1 Å². The Morgan fingerprint density at radius 1 is 1.05 bits per heavy atom. The van der Waals surface area contributed by atoms with Crippen LogP contribution in [0.5, 0.6) is 17.5 Å². The Labute approximate surface area is 237 Å². The molecule has 2 aromatic heterocycles. The van der Waals surface area contributed by atoms with Crippen molar-refractivity contribution in [3.63, 3.8) is 0 Å². The standard InChI is InChI=1S/C29H40N4O5.ClH/c1-3-36-29(34)14-22-8-13-37-26-18-32-28(15-23(22)26)38-19-20-6-11-33(12-7-20)25-16-27(35-2)31-17-24(25)21-4-9-30-10-5-21;/h15-18,20-22,30H,3-14,19H2,1-2H3;1H. The molecule has 5 heterocycles. The molecule has 0 spiro atoms. The van der Waals surface area contributed by atoms with E-state index < -0.39 is 0 Å². The van der Waals surface area contributed by atoms with Gasteiger partial charge in [0.1, 0.15) is 5.75 Å². The first-order chi connectivity index (χ1) is 18.6. The predicted octanol–water partition coefficient (Wildman–Crippen LogP) is 4.49. The highest BCUT2D eigenvalue weighted by atomic mass is 35.5. The second kappa shape index (κ2) is 14.0. The molecule has 1 unspecified atom stereocenters. The molecule has 3 aliphatic heterocycles. The van der Waals surface area contributed by atoms with Gasteiger partial charge in [-0.05, 0) is 69.5 Å². The number of rotatable bonds is 9. The summed E-state index contributed by atoms with van der Waals surface area (Å²) >= 11 is 0. The van der Waals surface area contributed by atoms with Gasteiger partial charge < -0.3 is 29.2 Å². The molecular formula is C29H41ClN4O5. The third-order valence-electron chi connectivity index (χ3n) is 8.05. The minimum atomic E-state index is -0.175. The van der Waals surface area contributed by atoms with Crippen LogP contribution in [0.15, 0.2) is 24.5 Å². The van der Waals surface area contributed by atoms with Gasteiger partial charge in [-0.25, -0.2) is 9.97 Å². The van der Waals surface area contributed by atoms with Gasteiger partial charge >= 0.3 is 5.97 Å². The van der Waals surface area contributed by atoms with Crippen molar-refractivity contribution in [3.8, 4) is 17.5 Å². The van der Waals surface area contributed by atoms with Gasteiger partial charge in [0.05, 0.1) is 39.5 Å². The molecule has 39 heavy (non-hydrogen) atoms. The fourth-order valence-corrected chi connectivity index (χ4v) is 5.87. The number of halogens is 1. The Bertz CT molecular complexity index is 1090. The average Bonchev–Trinajstić information content (AvgIpc) is 2.97. The maximum Gasteiger partial charge on any atom is 0.306 e. The number of nitrogens with zero attached hydrogens (tertiary/aromatic N) is 3. The lowest BCUT2D eigenvalue weighted by atomic mass is 9.89. The van der Waals surface area contributed by atoms with E-state index >= 15 is 0 Å². The molecule has 10 heteroatoms. The monoisotopic (exact) mass is 560 g/mol. The first kappa shape index (κ1) is 29.2. The summed E-state index contributed by atoms with van der Waals surface area (Å²) in [5.74, 6) is 2.90. The van der Waals surface area contributed by atoms with Crippen LogP contribution in [0, 0.1) is 5.92 Å². The van der Waals surface area contributed by atoms with E-state index in [1.807, 2.05) is 19.2 Å². The lowest BCUT2D eigenvalue weighted by Crippen LogP contribution is -2.37. The molecule has 9 nitrogen and oxygen atoms in total. The van der Waals surface area contributed by atoms with E-state index in [0.717, 1.165) is 69.6 Å². The van der Waals surface area contributed by atoms with Crippen molar-refractivity contribution in [1.29, 1.82) is 0 Å². The second-order valence-electron chi connectivity index (χ2n) is 10.5. The van der Waals surface area contributed by atoms with Crippen LogP contribution < -0.4 is 24.4 Å². The van der Waals surface area contributed by atoms with Crippen LogP contribution in [0.1, 0.15) is 68.4 Å². The van der Waals surface area contributed by atoms with Gasteiger partial charge in [-0.3, -0.25) is 4.79 Å². The lowest BCUT2D eigenvalue weighted by molar-refractivity contribution is -0.143. The number of nitrogens with one attached hydrogen (secondary N) is 1. The minimum absolute atomic E-state index is 0. The lowest BCUT2D eigenvalue weighted by Gasteiger charge is -2.36. The molecule has 1 N–H and O–H groups in total. The molecule has 2 saturated heterocycles. The number of hydrogen-bond donors (Lipinski definition) is 1. The smallest absolute Gasteiger partial charge is 0.306 e. The third-order valence-corrected chi connectivity index (χ3v) is 8.05. The zero-order chi connectivity index (χ0) is 26.3. The average molecular weight is 561 g/mol. The highest BCUT2D eigenvalue weighted by Gasteiger charge is 2.28. The zero-order valence-corrected chi connectivity index (χ0v) is 23.8. The Balaban J connectivity index is 0.00000353. The van der Waals surface area contributed by atoms with E-state index in [4.69, 9.17) is 18.9 Å². The maximum atomic E-state index is 12.1. The van der Waals surface area contributed by atoms with Gasteiger partial charge in [-0.1, -0.05) is 0 Å². The fraction of sp³-hybridized carbons (Fsp3) is 0.621. The molecule has 2 aromatic rings. The summed E-state index contributed by atoms with van der Waals surface area (Å²) in [7, 11) is 1.68. The molecule has 1 atom stereocenters. The van der Waals surface area contributed by atoms with Crippen LogP contribution in [0.4, 0.5) is 5.69 Å². The van der Waals surface area contributed by atoms with Crippen molar-refractivity contribution in [2.45, 2.75) is 57.3 Å². The number of pyridine rings is 2. The van der Waals surface area contributed by atoms with Crippen LogP contribution in [0.3, 0.4) is 0 Å². The SMILES string of the molecule is CCOC(=O)CC1CCOc2cnc(OCC3CCN(c4cc(OC)ncc4C4CCNCC4)CC3)cc21.Cl. The third kappa shape index (κ3) is 7.25.